The average Bonchev–Trinajstić information content (AvgIpc) is 3.35. The minimum atomic E-state index is 0.0301. The molecule has 6 heteroatoms. The molecule has 0 saturated carbocycles. The normalized spacial score (nSPS) is 18.5. The summed E-state index contributed by atoms with van der Waals surface area (Å²) in [5.41, 5.74) is 2.20. The van der Waals surface area contributed by atoms with Crippen molar-refractivity contribution in [2.24, 2.45) is 0 Å². The first-order valence-electron chi connectivity index (χ1n) is 9.26. The van der Waals surface area contributed by atoms with E-state index >= 15 is 0 Å². The van der Waals surface area contributed by atoms with Gasteiger partial charge in [-0.25, -0.2) is 0 Å². The van der Waals surface area contributed by atoms with E-state index in [1.54, 1.807) is 7.11 Å². The molecule has 2 aliphatic heterocycles. The predicted octanol–water partition coefficient (Wildman–Crippen LogP) is 2.88. The van der Waals surface area contributed by atoms with Crippen molar-refractivity contribution in [2.75, 3.05) is 27.0 Å². The smallest absolute Gasteiger partial charge is 0.234 e. The fraction of sp³-hybridized carbons (Fsp3) is 0.381. The highest BCUT2D eigenvalue weighted by atomic mass is 16.7. The number of carbonyl (C=O) groups is 1. The summed E-state index contributed by atoms with van der Waals surface area (Å²) in [5.74, 6) is 2.37. The Morgan fingerprint density at radius 1 is 1.22 bits per heavy atom. The third-order valence-corrected chi connectivity index (χ3v) is 5.12. The Balaban J connectivity index is 1.34. The van der Waals surface area contributed by atoms with E-state index in [-0.39, 0.29) is 18.7 Å². The largest absolute Gasteiger partial charge is 0.497 e. The van der Waals surface area contributed by atoms with Crippen LogP contribution in [0.3, 0.4) is 0 Å². The van der Waals surface area contributed by atoms with Crippen LogP contribution in [0.15, 0.2) is 42.5 Å². The van der Waals surface area contributed by atoms with Gasteiger partial charge in [0, 0.05) is 12.6 Å². The molecule has 6 nitrogen and oxygen atoms in total. The summed E-state index contributed by atoms with van der Waals surface area (Å²) in [6.45, 7) is 2.06. The van der Waals surface area contributed by atoms with Crippen LogP contribution < -0.4 is 19.5 Å². The minimum Gasteiger partial charge on any atom is -0.497 e. The van der Waals surface area contributed by atoms with E-state index in [9.17, 15) is 4.79 Å². The topological polar surface area (TPSA) is 60.0 Å². The first-order valence-corrected chi connectivity index (χ1v) is 9.26. The number of nitrogens with zero attached hydrogens (tertiary/aromatic N) is 1. The van der Waals surface area contributed by atoms with Gasteiger partial charge in [-0.3, -0.25) is 9.69 Å². The maximum Gasteiger partial charge on any atom is 0.234 e. The van der Waals surface area contributed by atoms with Crippen molar-refractivity contribution in [2.45, 2.75) is 25.4 Å². The van der Waals surface area contributed by atoms with Crippen LogP contribution >= 0.6 is 0 Å². The number of carbonyl (C=O) groups excluding carboxylic acids is 1. The lowest BCUT2D eigenvalue weighted by atomic mass is 10.0. The van der Waals surface area contributed by atoms with Crippen LogP contribution in [0, 0.1) is 0 Å². The maximum absolute atomic E-state index is 12.5. The molecule has 4 rings (SSSR count). The van der Waals surface area contributed by atoms with Gasteiger partial charge in [0.1, 0.15) is 5.75 Å². The van der Waals surface area contributed by atoms with Gasteiger partial charge in [-0.2, -0.15) is 0 Å². The Kier molecular flexibility index (Phi) is 5.16. The van der Waals surface area contributed by atoms with E-state index in [0.29, 0.717) is 13.1 Å². The molecule has 1 atom stereocenters. The molecule has 1 fully saturated rings. The summed E-state index contributed by atoms with van der Waals surface area (Å²) in [6.07, 6.45) is 2.15. The van der Waals surface area contributed by atoms with Crippen LogP contribution in [0.2, 0.25) is 0 Å². The van der Waals surface area contributed by atoms with Crippen LogP contribution in [0.4, 0.5) is 0 Å². The zero-order valence-corrected chi connectivity index (χ0v) is 15.4. The molecule has 0 unspecified atom stereocenters. The number of ether oxygens (including phenoxy) is 3. The van der Waals surface area contributed by atoms with Crippen LogP contribution in [0.25, 0.3) is 0 Å². The lowest BCUT2D eigenvalue weighted by Gasteiger charge is -2.24. The second kappa shape index (κ2) is 7.88. The molecule has 1 amide bonds. The number of benzene rings is 2. The van der Waals surface area contributed by atoms with Crippen molar-refractivity contribution in [3.8, 4) is 17.2 Å². The number of amides is 1. The molecule has 1 saturated heterocycles. The molecule has 0 aliphatic carbocycles. The average molecular weight is 368 g/mol. The molecular formula is C21H24N2O4. The SMILES string of the molecule is COc1cccc([C@H]2CCCN2CC(=O)NCc2ccc3c(c2)OCO3)c1. The Morgan fingerprint density at radius 3 is 3.00 bits per heavy atom. The highest BCUT2D eigenvalue weighted by Crippen LogP contribution is 2.33. The molecule has 27 heavy (non-hydrogen) atoms. The van der Waals surface area contributed by atoms with Crippen molar-refractivity contribution in [3.05, 3.63) is 53.6 Å². The van der Waals surface area contributed by atoms with E-state index < -0.39 is 0 Å². The molecule has 2 aliphatic rings. The number of rotatable bonds is 6. The van der Waals surface area contributed by atoms with Crippen molar-refractivity contribution >= 4 is 5.91 Å². The summed E-state index contributed by atoms with van der Waals surface area (Å²) in [6, 6.07) is 14.1. The molecular weight excluding hydrogens is 344 g/mol. The molecule has 1 N–H and O–H groups in total. The van der Waals surface area contributed by atoms with Gasteiger partial charge in [0.25, 0.3) is 0 Å². The van der Waals surface area contributed by atoms with E-state index in [0.717, 1.165) is 42.2 Å². The van der Waals surface area contributed by atoms with E-state index in [1.165, 1.54) is 5.56 Å². The van der Waals surface area contributed by atoms with Crippen LogP contribution in [-0.4, -0.2) is 37.8 Å². The third-order valence-electron chi connectivity index (χ3n) is 5.12. The number of nitrogens with one attached hydrogen (secondary N) is 1. The number of fused-ring (bicyclic) bond motifs is 1. The molecule has 0 spiro atoms. The Labute approximate surface area is 159 Å². The van der Waals surface area contributed by atoms with Crippen molar-refractivity contribution < 1.29 is 19.0 Å². The minimum absolute atomic E-state index is 0.0301. The van der Waals surface area contributed by atoms with Gasteiger partial charge in [-0.1, -0.05) is 18.2 Å². The van der Waals surface area contributed by atoms with Crippen LogP contribution in [-0.2, 0) is 11.3 Å². The lowest BCUT2D eigenvalue weighted by Crippen LogP contribution is -2.36. The molecule has 2 heterocycles. The van der Waals surface area contributed by atoms with Gasteiger partial charge in [-0.05, 0) is 54.8 Å². The Hall–Kier alpha value is -2.73. The van der Waals surface area contributed by atoms with Gasteiger partial charge in [-0.15, -0.1) is 0 Å². The monoisotopic (exact) mass is 368 g/mol. The Bertz CT molecular complexity index is 824. The summed E-state index contributed by atoms with van der Waals surface area (Å²) in [4.78, 5) is 14.7. The van der Waals surface area contributed by atoms with Gasteiger partial charge in [0.2, 0.25) is 12.7 Å². The Morgan fingerprint density at radius 2 is 2.11 bits per heavy atom. The zero-order valence-electron chi connectivity index (χ0n) is 15.4. The van der Waals surface area contributed by atoms with Gasteiger partial charge in [0.05, 0.1) is 13.7 Å². The molecule has 2 aromatic rings. The second-order valence-electron chi connectivity index (χ2n) is 6.87. The van der Waals surface area contributed by atoms with Gasteiger partial charge in [0.15, 0.2) is 11.5 Å². The lowest BCUT2D eigenvalue weighted by molar-refractivity contribution is -0.122. The molecule has 0 aromatic heterocycles. The van der Waals surface area contributed by atoms with Crippen LogP contribution in [0.1, 0.15) is 30.0 Å². The highest BCUT2D eigenvalue weighted by Gasteiger charge is 2.27. The van der Waals surface area contributed by atoms with E-state index in [1.807, 2.05) is 30.3 Å². The number of methoxy groups -OCH3 is 1. The summed E-state index contributed by atoms with van der Waals surface area (Å²) < 4.78 is 16.0. The van der Waals surface area contributed by atoms with Gasteiger partial charge < -0.3 is 19.5 Å². The maximum atomic E-state index is 12.5. The fourth-order valence-electron chi connectivity index (χ4n) is 3.73. The molecule has 0 radical (unpaired) electrons. The summed E-state index contributed by atoms with van der Waals surface area (Å²) in [5, 5.41) is 3.01. The molecule has 142 valence electrons. The van der Waals surface area contributed by atoms with E-state index in [4.69, 9.17) is 14.2 Å². The predicted molar refractivity (Wildman–Crippen MR) is 101 cm³/mol. The zero-order chi connectivity index (χ0) is 18.6. The third kappa shape index (κ3) is 4.01. The summed E-state index contributed by atoms with van der Waals surface area (Å²) in [7, 11) is 1.68. The fourth-order valence-corrected chi connectivity index (χ4v) is 3.73. The van der Waals surface area contributed by atoms with Crippen molar-refractivity contribution in [1.29, 1.82) is 0 Å². The van der Waals surface area contributed by atoms with Crippen molar-refractivity contribution in [3.63, 3.8) is 0 Å². The van der Waals surface area contributed by atoms with Gasteiger partial charge >= 0.3 is 0 Å². The second-order valence-corrected chi connectivity index (χ2v) is 6.87. The highest BCUT2D eigenvalue weighted by molar-refractivity contribution is 5.78. The molecule has 0 bridgehead atoms. The first kappa shape index (κ1) is 17.7. The molecule has 2 aromatic carbocycles. The van der Waals surface area contributed by atoms with Crippen molar-refractivity contribution in [1.82, 2.24) is 10.2 Å². The standard InChI is InChI=1S/C21H24N2O4/c1-25-17-5-2-4-16(11-17)18-6-3-9-23(18)13-21(24)22-12-15-7-8-19-20(10-15)27-14-26-19/h2,4-5,7-8,10-11,18H,3,6,9,12-14H2,1H3,(H,22,24)/t18-/m1/s1. The number of hydrogen-bond acceptors (Lipinski definition) is 5. The number of likely N-dealkylation sites (tertiary alicyclic amines) is 1. The quantitative estimate of drug-likeness (QED) is 0.850. The first-order chi connectivity index (χ1) is 13.2. The number of hydrogen-bond donors (Lipinski definition) is 1. The van der Waals surface area contributed by atoms with E-state index in [2.05, 4.69) is 22.3 Å². The van der Waals surface area contributed by atoms with Crippen LogP contribution in [0.5, 0.6) is 17.2 Å². The summed E-state index contributed by atoms with van der Waals surface area (Å²) >= 11 is 0.